The maximum Gasteiger partial charge on any atom is 0.0361 e. The van der Waals surface area contributed by atoms with Crippen LogP contribution in [-0.4, -0.2) is 0 Å². The zero-order chi connectivity index (χ0) is 37.1. The molecule has 3 atom stereocenters. The van der Waals surface area contributed by atoms with Gasteiger partial charge >= 0.3 is 0 Å². The fraction of sp³-hybridized carbons (Fsp3) is 0.127. The van der Waals surface area contributed by atoms with Crippen molar-refractivity contribution in [1.29, 1.82) is 0 Å². The fourth-order valence-electron chi connectivity index (χ4n) is 10.7. The minimum atomic E-state index is -0.00167. The second kappa shape index (κ2) is 12.0. The molecule has 1 heterocycles. The Balaban J connectivity index is 0.933. The molecule has 0 amide bonds. The first-order valence-electron chi connectivity index (χ1n) is 20.1. The minimum absolute atomic E-state index is 0.00167. The van der Waals surface area contributed by atoms with E-state index in [1.807, 2.05) is 11.3 Å². The van der Waals surface area contributed by atoms with E-state index in [2.05, 4.69) is 190 Å². The highest BCUT2D eigenvalue weighted by Crippen LogP contribution is 2.56. The predicted molar refractivity (Wildman–Crippen MR) is 243 cm³/mol. The molecule has 12 rings (SSSR count). The summed E-state index contributed by atoms with van der Waals surface area (Å²) in [6.07, 6.45) is 21.9. The Labute approximate surface area is 331 Å². The van der Waals surface area contributed by atoms with Crippen molar-refractivity contribution in [3.05, 3.63) is 204 Å². The molecule has 0 nitrogen and oxygen atoms in total. The van der Waals surface area contributed by atoms with Crippen LogP contribution in [0, 0.1) is 11.8 Å². The summed E-state index contributed by atoms with van der Waals surface area (Å²) in [6.45, 7) is 4.86. The maximum absolute atomic E-state index is 2.52. The lowest BCUT2D eigenvalue weighted by molar-refractivity contribution is 0.615. The van der Waals surface area contributed by atoms with Gasteiger partial charge < -0.3 is 0 Å². The molecule has 1 heteroatoms. The van der Waals surface area contributed by atoms with E-state index < -0.39 is 0 Å². The Hall–Kier alpha value is -6.02. The van der Waals surface area contributed by atoms with Crippen molar-refractivity contribution in [2.24, 2.45) is 11.8 Å². The Kier molecular flexibility index (Phi) is 6.90. The summed E-state index contributed by atoms with van der Waals surface area (Å²) in [4.78, 5) is 0. The highest BCUT2D eigenvalue weighted by molar-refractivity contribution is 7.25. The van der Waals surface area contributed by atoms with Crippen LogP contribution in [0.3, 0.4) is 0 Å². The topological polar surface area (TPSA) is 0 Å². The van der Waals surface area contributed by atoms with Crippen molar-refractivity contribution >= 4 is 75.0 Å². The third kappa shape index (κ3) is 4.65. The molecule has 8 aromatic rings. The van der Waals surface area contributed by atoms with Crippen LogP contribution in [0.5, 0.6) is 0 Å². The number of fused-ring (bicyclic) bond motifs is 10. The Morgan fingerprint density at radius 3 is 1.95 bits per heavy atom. The average molecular weight is 733 g/mol. The van der Waals surface area contributed by atoms with Crippen LogP contribution in [0.1, 0.15) is 48.4 Å². The molecular formula is C55H40S. The number of hydrogen-bond acceptors (Lipinski definition) is 1. The number of rotatable bonds is 3. The van der Waals surface area contributed by atoms with Gasteiger partial charge in [-0.05, 0) is 108 Å². The molecule has 0 fully saturated rings. The normalized spacial score (nSPS) is 20.7. The monoisotopic (exact) mass is 732 g/mol. The van der Waals surface area contributed by atoms with Gasteiger partial charge in [0.05, 0.1) is 0 Å². The van der Waals surface area contributed by atoms with E-state index in [4.69, 9.17) is 0 Å². The largest absolute Gasteiger partial charge is 0.135 e. The fourth-order valence-corrected chi connectivity index (χ4v) is 11.9. The van der Waals surface area contributed by atoms with Gasteiger partial charge in [-0.2, -0.15) is 0 Å². The second-order valence-electron chi connectivity index (χ2n) is 16.7. The second-order valence-corrected chi connectivity index (χ2v) is 17.8. The van der Waals surface area contributed by atoms with Crippen LogP contribution in [0.25, 0.3) is 74.8 Å². The van der Waals surface area contributed by atoms with Gasteiger partial charge in [0.1, 0.15) is 0 Å². The first kappa shape index (κ1) is 32.2. The molecule has 4 aliphatic rings. The standard InChI is InChI=1S/C55H40S/c1-55(2)49-27-26-36(28-46(49)47-29-37-30-48-40-15-9-10-21-51(40)56-52(48)32-38(37)31-50(47)55)33-22-24-35(25-23-33)53-42-16-5-7-18-44(42)54(45-19-8-6-17-43(45)53)41-20-11-13-34-12-3-4-14-39(34)41/h3-27,29-32,34,39,46H,28H2,1-2H3. The van der Waals surface area contributed by atoms with Gasteiger partial charge in [-0.15, -0.1) is 11.3 Å². The lowest BCUT2D eigenvalue weighted by atomic mass is 9.74. The van der Waals surface area contributed by atoms with E-state index in [0.717, 1.165) is 6.42 Å². The lowest BCUT2D eigenvalue weighted by Crippen LogP contribution is -2.17. The van der Waals surface area contributed by atoms with Crippen LogP contribution in [0.2, 0.25) is 0 Å². The summed E-state index contributed by atoms with van der Waals surface area (Å²) >= 11 is 1.91. The molecule has 7 aromatic carbocycles. The lowest BCUT2D eigenvalue weighted by Gasteiger charge is -2.29. The Bertz CT molecular complexity index is 3130. The van der Waals surface area contributed by atoms with Gasteiger partial charge in [0.15, 0.2) is 0 Å². The zero-order valence-corrected chi connectivity index (χ0v) is 32.4. The molecule has 4 aliphatic carbocycles. The highest BCUT2D eigenvalue weighted by atomic mass is 32.1. The van der Waals surface area contributed by atoms with E-state index in [9.17, 15) is 0 Å². The van der Waals surface area contributed by atoms with E-state index >= 15 is 0 Å². The minimum Gasteiger partial charge on any atom is -0.135 e. The Morgan fingerprint density at radius 2 is 1.18 bits per heavy atom. The van der Waals surface area contributed by atoms with Gasteiger partial charge in [0.2, 0.25) is 0 Å². The molecule has 0 radical (unpaired) electrons. The van der Waals surface area contributed by atoms with Crippen LogP contribution in [0.4, 0.5) is 0 Å². The molecule has 3 unspecified atom stereocenters. The van der Waals surface area contributed by atoms with Crippen LogP contribution >= 0.6 is 11.3 Å². The van der Waals surface area contributed by atoms with Crippen LogP contribution in [-0.2, 0) is 5.41 Å². The SMILES string of the molecule is CC1(C)C2=CC=C(c3ccc(-c4c5ccccc5c(C5=CC=CC6C=CC=CC56)c5ccccc45)cc3)CC2c2cc3cc4c(cc3cc21)sc1ccccc14. The molecule has 266 valence electrons. The molecule has 0 N–H and O–H groups in total. The smallest absolute Gasteiger partial charge is 0.0361 e. The number of thiophene rings is 1. The summed E-state index contributed by atoms with van der Waals surface area (Å²) in [6, 6.07) is 46.3. The summed E-state index contributed by atoms with van der Waals surface area (Å²) in [5.41, 5.74) is 12.6. The summed E-state index contributed by atoms with van der Waals surface area (Å²) in [5.74, 6) is 1.12. The van der Waals surface area contributed by atoms with Crippen LogP contribution in [0.15, 0.2) is 182 Å². The molecule has 0 bridgehead atoms. The summed E-state index contributed by atoms with van der Waals surface area (Å²) in [5, 5.41) is 10.7. The van der Waals surface area contributed by atoms with Gasteiger partial charge in [0, 0.05) is 43.3 Å². The molecular weight excluding hydrogens is 693 g/mol. The van der Waals surface area contributed by atoms with Crippen molar-refractivity contribution in [1.82, 2.24) is 0 Å². The Morgan fingerprint density at radius 1 is 0.536 bits per heavy atom. The zero-order valence-electron chi connectivity index (χ0n) is 31.6. The third-order valence-corrected chi connectivity index (χ3v) is 14.6. The summed E-state index contributed by atoms with van der Waals surface area (Å²) < 4.78 is 2.74. The third-order valence-electron chi connectivity index (χ3n) is 13.4. The average Bonchev–Trinajstić information content (AvgIpc) is 3.71. The molecule has 0 aliphatic heterocycles. The van der Waals surface area contributed by atoms with Gasteiger partial charge in [0.25, 0.3) is 0 Å². The molecule has 56 heavy (non-hydrogen) atoms. The van der Waals surface area contributed by atoms with Crippen molar-refractivity contribution < 1.29 is 0 Å². The van der Waals surface area contributed by atoms with E-state index in [1.165, 1.54) is 97.0 Å². The molecule has 1 aromatic heterocycles. The van der Waals surface area contributed by atoms with Crippen molar-refractivity contribution in [3.8, 4) is 11.1 Å². The molecule has 0 spiro atoms. The first-order chi connectivity index (χ1) is 27.5. The van der Waals surface area contributed by atoms with E-state index in [-0.39, 0.29) is 5.41 Å². The molecule has 0 saturated carbocycles. The maximum atomic E-state index is 2.52. The quantitative estimate of drug-likeness (QED) is 0.159. The van der Waals surface area contributed by atoms with Gasteiger partial charge in [-0.3, -0.25) is 0 Å². The van der Waals surface area contributed by atoms with Crippen molar-refractivity contribution in [3.63, 3.8) is 0 Å². The van der Waals surface area contributed by atoms with E-state index in [1.54, 1.807) is 5.57 Å². The van der Waals surface area contributed by atoms with Gasteiger partial charge in [-0.1, -0.05) is 171 Å². The van der Waals surface area contributed by atoms with Gasteiger partial charge in [-0.25, -0.2) is 0 Å². The van der Waals surface area contributed by atoms with Crippen molar-refractivity contribution in [2.45, 2.75) is 31.6 Å². The van der Waals surface area contributed by atoms with Crippen molar-refractivity contribution in [2.75, 3.05) is 0 Å². The van der Waals surface area contributed by atoms with Crippen LogP contribution < -0.4 is 0 Å². The number of hydrogen-bond donors (Lipinski definition) is 0. The molecule has 0 saturated heterocycles. The predicted octanol–water partition coefficient (Wildman–Crippen LogP) is 15.3. The number of allylic oxidation sites excluding steroid dienone is 12. The first-order valence-corrected chi connectivity index (χ1v) is 20.9. The number of benzene rings is 7. The highest BCUT2D eigenvalue weighted by Gasteiger charge is 2.43. The summed E-state index contributed by atoms with van der Waals surface area (Å²) in [7, 11) is 0. The van der Waals surface area contributed by atoms with E-state index in [0.29, 0.717) is 17.8 Å².